The average Bonchev–Trinajstić information content (AvgIpc) is 2.58. The predicted octanol–water partition coefficient (Wildman–Crippen LogP) is 3.32. The molecule has 2 aromatic rings. The molecule has 1 aromatic heterocycles. The Morgan fingerprint density at radius 2 is 2.00 bits per heavy atom. The smallest absolute Gasteiger partial charge is 0.226 e. The van der Waals surface area contributed by atoms with Gasteiger partial charge in [-0.3, -0.25) is 0 Å². The van der Waals surface area contributed by atoms with E-state index < -0.39 is 5.60 Å². The van der Waals surface area contributed by atoms with Gasteiger partial charge in [-0.15, -0.1) is 0 Å². The van der Waals surface area contributed by atoms with Crippen LogP contribution in [0.4, 0.5) is 4.39 Å². The van der Waals surface area contributed by atoms with E-state index in [1.165, 1.54) is 6.07 Å². The van der Waals surface area contributed by atoms with Crippen LogP contribution in [0.25, 0.3) is 11.1 Å². The van der Waals surface area contributed by atoms with E-state index in [2.05, 4.69) is 4.98 Å². The van der Waals surface area contributed by atoms with Crippen molar-refractivity contribution in [1.29, 1.82) is 0 Å². The van der Waals surface area contributed by atoms with Crippen molar-refractivity contribution in [3.05, 3.63) is 29.4 Å². The molecule has 4 heteroatoms. The monoisotopic (exact) mass is 237 g/mol. The van der Waals surface area contributed by atoms with Gasteiger partial charge in [0.2, 0.25) is 5.89 Å². The summed E-state index contributed by atoms with van der Waals surface area (Å²) in [6, 6.07) is 3.00. The van der Waals surface area contributed by atoms with Crippen molar-refractivity contribution in [2.45, 2.75) is 39.2 Å². The Labute approximate surface area is 99.3 Å². The fourth-order valence-electron chi connectivity index (χ4n) is 1.67. The van der Waals surface area contributed by atoms with Crippen molar-refractivity contribution in [3.8, 4) is 0 Å². The first-order valence-corrected chi connectivity index (χ1v) is 5.62. The van der Waals surface area contributed by atoms with Crippen molar-refractivity contribution in [2.75, 3.05) is 0 Å². The van der Waals surface area contributed by atoms with E-state index in [4.69, 9.17) is 4.42 Å². The van der Waals surface area contributed by atoms with Crippen LogP contribution >= 0.6 is 0 Å². The minimum atomic E-state index is -1.16. The molecule has 2 rings (SSSR count). The number of oxazole rings is 1. The Hall–Kier alpha value is -1.42. The highest BCUT2D eigenvalue weighted by molar-refractivity contribution is 5.74. The number of aromatic nitrogens is 1. The summed E-state index contributed by atoms with van der Waals surface area (Å²) in [5, 5.41) is 9.79. The Morgan fingerprint density at radius 1 is 1.35 bits per heavy atom. The molecule has 17 heavy (non-hydrogen) atoms. The maximum Gasteiger partial charge on any atom is 0.226 e. The van der Waals surface area contributed by atoms with E-state index in [0.29, 0.717) is 16.7 Å². The molecule has 0 bridgehead atoms. The molecule has 0 saturated carbocycles. The van der Waals surface area contributed by atoms with E-state index in [1.54, 1.807) is 19.9 Å². The van der Waals surface area contributed by atoms with Crippen LogP contribution in [-0.2, 0) is 5.60 Å². The van der Waals surface area contributed by atoms with E-state index in [1.807, 2.05) is 13.8 Å². The quantitative estimate of drug-likeness (QED) is 0.871. The van der Waals surface area contributed by atoms with Crippen LogP contribution in [0.2, 0.25) is 0 Å². The Kier molecular flexibility index (Phi) is 2.70. The summed E-state index contributed by atoms with van der Waals surface area (Å²) in [5.74, 6) is -0.00834. The van der Waals surface area contributed by atoms with Gasteiger partial charge in [0.05, 0.1) is 0 Å². The standard InChI is InChI=1S/C13H16FNO2/c1-7(2)8-5-11-10(6-9(8)14)15-12(17-11)13(3,4)16/h5-7,16H,1-4H3. The van der Waals surface area contributed by atoms with Crippen LogP contribution in [0.15, 0.2) is 16.5 Å². The molecule has 0 spiro atoms. The maximum absolute atomic E-state index is 13.7. The van der Waals surface area contributed by atoms with Gasteiger partial charge in [0.1, 0.15) is 16.9 Å². The summed E-state index contributed by atoms with van der Waals surface area (Å²) in [4.78, 5) is 4.09. The lowest BCUT2D eigenvalue weighted by Crippen LogP contribution is -2.15. The summed E-state index contributed by atoms with van der Waals surface area (Å²) in [6.45, 7) is 6.99. The maximum atomic E-state index is 13.7. The number of benzene rings is 1. The summed E-state index contributed by atoms with van der Waals surface area (Å²) >= 11 is 0. The number of halogens is 1. The number of nitrogens with zero attached hydrogens (tertiary/aromatic N) is 1. The third kappa shape index (κ3) is 2.17. The summed E-state index contributed by atoms with van der Waals surface area (Å²) in [7, 11) is 0. The van der Waals surface area contributed by atoms with Crippen LogP contribution in [0.3, 0.4) is 0 Å². The molecule has 0 aliphatic carbocycles. The van der Waals surface area contributed by atoms with Crippen LogP contribution in [-0.4, -0.2) is 10.1 Å². The molecular formula is C13H16FNO2. The number of hydrogen-bond acceptors (Lipinski definition) is 3. The van der Waals surface area contributed by atoms with Crippen LogP contribution in [0.5, 0.6) is 0 Å². The molecule has 0 saturated heterocycles. The molecule has 0 unspecified atom stereocenters. The first-order valence-electron chi connectivity index (χ1n) is 5.62. The molecule has 3 nitrogen and oxygen atoms in total. The molecule has 0 aliphatic rings. The van der Waals surface area contributed by atoms with Crippen molar-refractivity contribution in [2.24, 2.45) is 0 Å². The molecule has 0 aliphatic heterocycles. The molecule has 1 heterocycles. The first-order chi connectivity index (χ1) is 7.79. The van der Waals surface area contributed by atoms with E-state index in [-0.39, 0.29) is 17.6 Å². The van der Waals surface area contributed by atoms with Crippen molar-refractivity contribution in [1.82, 2.24) is 4.98 Å². The zero-order valence-electron chi connectivity index (χ0n) is 10.4. The highest BCUT2D eigenvalue weighted by Crippen LogP contribution is 2.28. The number of hydrogen-bond donors (Lipinski definition) is 1. The van der Waals surface area contributed by atoms with E-state index in [9.17, 15) is 9.50 Å². The van der Waals surface area contributed by atoms with Crippen LogP contribution < -0.4 is 0 Å². The number of rotatable bonds is 2. The van der Waals surface area contributed by atoms with E-state index >= 15 is 0 Å². The summed E-state index contributed by atoms with van der Waals surface area (Å²) in [6.07, 6.45) is 0. The third-order valence-corrected chi connectivity index (χ3v) is 2.65. The average molecular weight is 237 g/mol. The minimum absolute atomic E-state index is 0.0788. The molecule has 0 atom stereocenters. The van der Waals surface area contributed by atoms with Gasteiger partial charge < -0.3 is 9.52 Å². The lowest BCUT2D eigenvalue weighted by Gasteiger charge is -2.10. The first kappa shape index (κ1) is 12.0. The summed E-state index contributed by atoms with van der Waals surface area (Å²) < 4.78 is 19.2. The van der Waals surface area contributed by atoms with Gasteiger partial charge >= 0.3 is 0 Å². The lowest BCUT2D eigenvalue weighted by atomic mass is 10.0. The molecule has 1 N–H and O–H groups in total. The number of fused-ring (bicyclic) bond motifs is 1. The second-order valence-corrected chi connectivity index (χ2v) is 5.07. The molecule has 92 valence electrons. The van der Waals surface area contributed by atoms with Gasteiger partial charge in [0.15, 0.2) is 5.58 Å². The van der Waals surface area contributed by atoms with Gasteiger partial charge in [0.25, 0.3) is 0 Å². The fourth-order valence-corrected chi connectivity index (χ4v) is 1.67. The minimum Gasteiger partial charge on any atom is -0.438 e. The number of aliphatic hydroxyl groups is 1. The largest absolute Gasteiger partial charge is 0.438 e. The van der Waals surface area contributed by atoms with Crippen LogP contribution in [0, 0.1) is 5.82 Å². The topological polar surface area (TPSA) is 46.3 Å². The Bertz CT molecular complexity index is 552. The lowest BCUT2D eigenvalue weighted by molar-refractivity contribution is 0.0501. The second-order valence-electron chi connectivity index (χ2n) is 5.07. The molecule has 0 amide bonds. The van der Waals surface area contributed by atoms with Crippen molar-refractivity contribution in [3.63, 3.8) is 0 Å². The SMILES string of the molecule is CC(C)c1cc2oc(C(C)(C)O)nc2cc1F. The second kappa shape index (κ2) is 3.81. The third-order valence-electron chi connectivity index (χ3n) is 2.65. The van der Waals surface area contributed by atoms with Gasteiger partial charge in [-0.05, 0) is 31.4 Å². The zero-order chi connectivity index (χ0) is 12.8. The molecule has 0 fully saturated rings. The zero-order valence-corrected chi connectivity index (χ0v) is 10.4. The Morgan fingerprint density at radius 3 is 2.53 bits per heavy atom. The van der Waals surface area contributed by atoms with Crippen LogP contribution in [0.1, 0.15) is 45.1 Å². The van der Waals surface area contributed by atoms with E-state index in [0.717, 1.165) is 0 Å². The van der Waals surface area contributed by atoms with Gasteiger partial charge in [-0.25, -0.2) is 9.37 Å². The molecule has 0 radical (unpaired) electrons. The summed E-state index contributed by atoms with van der Waals surface area (Å²) in [5.41, 5.74) is 0.375. The molecule has 1 aromatic carbocycles. The van der Waals surface area contributed by atoms with Crippen molar-refractivity contribution >= 4 is 11.1 Å². The normalized spacial score (nSPS) is 12.6. The van der Waals surface area contributed by atoms with Crippen molar-refractivity contribution < 1.29 is 13.9 Å². The highest BCUT2D eigenvalue weighted by atomic mass is 19.1. The predicted molar refractivity (Wildman–Crippen MR) is 63.3 cm³/mol. The van der Waals surface area contributed by atoms with Gasteiger partial charge in [-0.1, -0.05) is 13.8 Å². The fraction of sp³-hybridized carbons (Fsp3) is 0.462. The van der Waals surface area contributed by atoms with Gasteiger partial charge in [-0.2, -0.15) is 0 Å². The van der Waals surface area contributed by atoms with Gasteiger partial charge in [0, 0.05) is 6.07 Å². The highest BCUT2D eigenvalue weighted by Gasteiger charge is 2.24. The Balaban J connectivity index is 2.63. The molecular weight excluding hydrogens is 221 g/mol.